The second kappa shape index (κ2) is 18.6. The third-order valence-electron chi connectivity index (χ3n) is 9.64. The fraction of sp³-hybridized carbons (Fsp3) is 0.268. The number of ether oxygens (including phenoxy) is 2. The summed E-state index contributed by atoms with van der Waals surface area (Å²) < 4.78 is 10.8. The van der Waals surface area contributed by atoms with Crippen LogP contribution in [0.4, 0.5) is 11.4 Å². The molecule has 4 aromatic rings. The lowest BCUT2D eigenvalue weighted by Crippen LogP contribution is -3.00. The Kier molecular flexibility index (Phi) is 14.2. The molecule has 0 aromatic heterocycles. The molecule has 0 saturated carbocycles. The van der Waals surface area contributed by atoms with Gasteiger partial charge >= 0.3 is 14.8 Å². The molecule has 0 radical (unpaired) electrons. The van der Waals surface area contributed by atoms with Gasteiger partial charge in [0, 0.05) is 61.8 Å². The van der Waals surface area contributed by atoms with Crippen LogP contribution < -0.4 is 35.0 Å². The Bertz CT molecular complexity index is 1920. The number of non-ortho nitro benzene ring substituents is 1. The zero-order valence-electron chi connectivity index (χ0n) is 31.8. The number of rotatable bonds is 11. The van der Waals surface area contributed by atoms with Gasteiger partial charge in [-0.2, -0.15) is 0 Å². The Balaban J connectivity index is 0.00000261. The maximum absolute atomic E-state index is 13.6. The van der Waals surface area contributed by atoms with Crippen LogP contribution in [0.3, 0.4) is 0 Å². The van der Waals surface area contributed by atoms with Crippen molar-refractivity contribution >= 4 is 23.3 Å². The van der Waals surface area contributed by atoms with Crippen molar-refractivity contribution < 1.29 is 51.7 Å². The van der Waals surface area contributed by atoms with E-state index in [4.69, 9.17) is 9.47 Å². The first-order valence-electron chi connectivity index (χ1n) is 17.1. The summed E-state index contributed by atoms with van der Waals surface area (Å²) in [6.07, 6.45) is 0.496. The van der Waals surface area contributed by atoms with Crippen molar-refractivity contribution in [2.75, 3.05) is 44.8 Å². The normalized spacial score (nSPS) is 15.9. The molecule has 6 rings (SSSR count). The summed E-state index contributed by atoms with van der Waals surface area (Å²) in [4.78, 5) is 42.6. The van der Waals surface area contributed by atoms with Gasteiger partial charge in [-0.05, 0) is 48.2 Å². The number of methoxy groups -OCH3 is 1. The lowest BCUT2D eigenvalue weighted by molar-refractivity contribution is -0.384. The Morgan fingerprint density at radius 1 is 0.811 bits per heavy atom. The van der Waals surface area contributed by atoms with Crippen LogP contribution in [-0.4, -0.2) is 61.7 Å². The Morgan fingerprint density at radius 3 is 1.92 bits per heavy atom. The van der Waals surface area contributed by atoms with E-state index in [1.165, 1.54) is 36.4 Å². The largest absolute Gasteiger partial charge is 1.00 e. The van der Waals surface area contributed by atoms with Crippen molar-refractivity contribution in [3.05, 3.63) is 164 Å². The lowest BCUT2D eigenvalue weighted by atomic mass is 9.80. The molecular weight excluding hydrogens is 715 g/mol. The van der Waals surface area contributed by atoms with E-state index in [2.05, 4.69) is 100 Å². The Labute approximate surface area is 325 Å². The number of nitrogens with one attached hydrogen (secondary N) is 1. The van der Waals surface area contributed by atoms with Crippen LogP contribution in [0.25, 0.3) is 0 Å². The molecule has 53 heavy (non-hydrogen) atoms. The van der Waals surface area contributed by atoms with Gasteiger partial charge in [-0.25, -0.2) is 9.59 Å². The molecule has 1 N–H and O–H groups in total. The van der Waals surface area contributed by atoms with Crippen molar-refractivity contribution in [1.82, 2.24) is 10.2 Å². The average molecular weight is 760 g/mol. The number of nitro benzene ring substituents is 1. The predicted molar refractivity (Wildman–Crippen MR) is 198 cm³/mol. The minimum absolute atomic E-state index is 0. The summed E-state index contributed by atoms with van der Waals surface area (Å²) >= 11 is 0. The zero-order chi connectivity index (χ0) is 35.9. The molecule has 0 aliphatic carbocycles. The Morgan fingerprint density at radius 2 is 1.38 bits per heavy atom. The number of dihydropyridines is 1. The third kappa shape index (κ3) is 9.26. The number of carbonyl (C=O) groups excluding carboxylic acids is 2. The number of benzene rings is 4. The number of nitrogens with zero attached hydrogens (tertiary/aromatic N) is 3. The van der Waals surface area contributed by atoms with Gasteiger partial charge in [-0.15, -0.1) is 0 Å². The highest BCUT2D eigenvalue weighted by molar-refractivity contribution is 5.99. The molecule has 12 heteroatoms. The van der Waals surface area contributed by atoms with Gasteiger partial charge in [0.25, 0.3) is 5.69 Å². The number of piperazine rings is 1. The molecule has 1 saturated heterocycles. The van der Waals surface area contributed by atoms with Gasteiger partial charge in [0.15, 0.2) is 0 Å². The Hall–Kier alpha value is -5.16. The highest BCUT2D eigenvalue weighted by Gasteiger charge is 2.38. The van der Waals surface area contributed by atoms with E-state index >= 15 is 0 Å². The van der Waals surface area contributed by atoms with Crippen molar-refractivity contribution in [1.29, 1.82) is 0 Å². The van der Waals surface area contributed by atoms with E-state index in [-0.39, 0.29) is 57.1 Å². The number of esters is 2. The lowest BCUT2D eigenvalue weighted by Gasteiger charge is -2.40. The summed E-state index contributed by atoms with van der Waals surface area (Å²) in [5.41, 5.74) is 6.44. The molecule has 0 bridgehead atoms. The minimum atomic E-state index is -0.901. The number of hydrogen-bond donors (Lipinski definition) is 1. The number of allylic oxidation sites excluding steroid dienone is 2. The third-order valence-corrected chi connectivity index (χ3v) is 9.64. The van der Waals surface area contributed by atoms with Crippen molar-refractivity contribution in [2.24, 2.45) is 0 Å². The second-order valence-corrected chi connectivity index (χ2v) is 12.8. The highest BCUT2D eigenvalue weighted by Crippen LogP contribution is 2.40. The van der Waals surface area contributed by atoms with E-state index in [9.17, 15) is 19.7 Å². The number of carbonyl (C=O) groups is 2. The standard InChI is InChI=1S/C41H42N4O6.2ClH/c1-28-36(40(46)50-3)38(33-15-10-16-35(27-33)45(48)49)37(29(2)42-28)41(47)51-26-21-30-17-19-34(20-18-30)43-22-24-44(25-23-43)39(31-11-6-4-7-12-31)32-13-8-5-9-14-32;;/h4-20,27,38-39,42H,21-26H2,1-3H3;2*1H. The summed E-state index contributed by atoms with van der Waals surface area (Å²) in [5, 5.41) is 14.7. The van der Waals surface area contributed by atoms with Crippen molar-refractivity contribution in [3.63, 3.8) is 0 Å². The van der Waals surface area contributed by atoms with E-state index in [1.807, 2.05) is 0 Å². The number of halogens is 2. The van der Waals surface area contributed by atoms with Gasteiger partial charge in [-0.1, -0.05) is 84.9 Å². The minimum Gasteiger partial charge on any atom is -1.00 e. The van der Waals surface area contributed by atoms with Crippen LogP contribution >= 0.6 is 0 Å². The highest BCUT2D eigenvalue weighted by atomic mass is 35.5. The topological polar surface area (TPSA) is 114 Å². The molecular formula is C41H44Cl2N4O6. The van der Waals surface area contributed by atoms with Crippen LogP contribution in [-0.2, 0) is 25.5 Å². The molecule has 4 aromatic carbocycles. The number of anilines is 1. The molecule has 1 atom stereocenters. The SMILES string of the molecule is COC(=O)C1=C(C)NC(C)=C(C(=O)OCCc2ccc(N3CCN(C(c4ccccc4)c4ccccc4)CC3)cc2)C1c1cccc([N+](=O)[O-])c1.[Cl-].[Cl-].[H+].[H+]. The van der Waals surface area contributed by atoms with Crippen molar-refractivity contribution in [2.45, 2.75) is 32.2 Å². The zero-order valence-corrected chi connectivity index (χ0v) is 31.3. The van der Waals surface area contributed by atoms with Gasteiger partial charge in [0.2, 0.25) is 0 Å². The second-order valence-electron chi connectivity index (χ2n) is 12.8. The molecule has 10 nitrogen and oxygen atoms in total. The fourth-order valence-electron chi connectivity index (χ4n) is 7.13. The molecule has 2 aliphatic rings. The first-order chi connectivity index (χ1) is 24.7. The summed E-state index contributed by atoms with van der Waals surface area (Å²) in [6.45, 7) is 7.22. The van der Waals surface area contributed by atoms with Gasteiger partial charge < -0.3 is 44.5 Å². The maximum Gasteiger partial charge on any atom is 1.00 e. The van der Waals surface area contributed by atoms with E-state index in [0.717, 1.165) is 37.4 Å². The fourth-order valence-corrected chi connectivity index (χ4v) is 7.13. The van der Waals surface area contributed by atoms with Crippen LogP contribution in [0.15, 0.2) is 132 Å². The smallest absolute Gasteiger partial charge is 1.00 e. The predicted octanol–water partition coefficient (Wildman–Crippen LogP) is 0.933. The first kappa shape index (κ1) is 40.6. The number of nitro groups is 1. The molecule has 1 unspecified atom stereocenters. The first-order valence-corrected chi connectivity index (χ1v) is 17.1. The van der Waals surface area contributed by atoms with Gasteiger partial charge in [0.1, 0.15) is 0 Å². The molecule has 0 spiro atoms. The molecule has 1 fully saturated rings. The summed E-state index contributed by atoms with van der Waals surface area (Å²) in [7, 11) is 1.26. The van der Waals surface area contributed by atoms with E-state index in [0.29, 0.717) is 23.4 Å². The van der Waals surface area contributed by atoms with Crippen LogP contribution in [0.5, 0.6) is 0 Å². The molecule has 278 valence electrons. The van der Waals surface area contributed by atoms with Crippen LogP contribution in [0.2, 0.25) is 0 Å². The van der Waals surface area contributed by atoms with E-state index < -0.39 is 22.8 Å². The van der Waals surface area contributed by atoms with Gasteiger partial charge in [0.05, 0.1) is 41.7 Å². The van der Waals surface area contributed by atoms with Gasteiger partial charge in [-0.3, -0.25) is 15.0 Å². The van der Waals surface area contributed by atoms with Crippen LogP contribution in [0.1, 0.15) is 50.9 Å². The maximum atomic E-state index is 13.6. The van der Waals surface area contributed by atoms with E-state index in [1.54, 1.807) is 19.9 Å². The van der Waals surface area contributed by atoms with Crippen LogP contribution in [0, 0.1) is 10.1 Å². The average Bonchev–Trinajstić information content (AvgIpc) is 3.16. The molecule has 2 aliphatic heterocycles. The summed E-state index contributed by atoms with van der Waals surface area (Å²) in [6, 6.07) is 35.8. The molecule has 2 heterocycles. The monoisotopic (exact) mass is 758 g/mol. The summed E-state index contributed by atoms with van der Waals surface area (Å²) in [5.74, 6) is -2.14. The molecule has 0 amide bonds. The van der Waals surface area contributed by atoms with Crippen molar-refractivity contribution in [3.8, 4) is 0 Å². The number of hydrogen-bond acceptors (Lipinski definition) is 9. The quantitative estimate of drug-likeness (QED) is 0.136.